The first-order chi connectivity index (χ1) is 8.66. The molecule has 0 saturated carbocycles. The molecule has 1 unspecified atom stereocenters. The van der Waals surface area contributed by atoms with E-state index in [1.807, 2.05) is 0 Å². The van der Waals surface area contributed by atoms with Gasteiger partial charge in [-0.15, -0.1) is 0 Å². The van der Waals surface area contributed by atoms with Crippen LogP contribution >= 0.6 is 0 Å². The lowest BCUT2D eigenvalue weighted by Gasteiger charge is -2.12. The van der Waals surface area contributed by atoms with Gasteiger partial charge in [0.15, 0.2) is 0 Å². The Balaban J connectivity index is 2.12. The second-order valence-electron chi connectivity index (χ2n) is 5.58. The Morgan fingerprint density at radius 3 is 2.50 bits per heavy atom. The van der Waals surface area contributed by atoms with Crippen LogP contribution in [0.15, 0.2) is 18.2 Å². The van der Waals surface area contributed by atoms with Crippen molar-refractivity contribution in [2.75, 3.05) is 6.54 Å². The summed E-state index contributed by atoms with van der Waals surface area (Å²) in [4.78, 5) is 0. The molecule has 1 aromatic rings. The molecule has 1 aromatic carbocycles. The predicted octanol–water partition coefficient (Wildman–Crippen LogP) is 4.16. The molecule has 0 amide bonds. The van der Waals surface area contributed by atoms with E-state index < -0.39 is 0 Å². The first-order valence-electron chi connectivity index (χ1n) is 7.16. The minimum atomic E-state index is 0.563. The van der Waals surface area contributed by atoms with Crippen molar-refractivity contribution in [1.82, 2.24) is 5.32 Å². The fourth-order valence-electron chi connectivity index (χ4n) is 2.89. The largest absolute Gasteiger partial charge is 0.311 e. The Morgan fingerprint density at radius 1 is 1.06 bits per heavy atom. The molecule has 1 atom stereocenters. The van der Waals surface area contributed by atoms with Gasteiger partial charge in [-0.1, -0.05) is 42.7 Å². The van der Waals surface area contributed by atoms with Gasteiger partial charge < -0.3 is 5.32 Å². The zero-order valence-corrected chi connectivity index (χ0v) is 11.9. The third-order valence-corrected chi connectivity index (χ3v) is 3.83. The standard InChI is InChI=1S/C17H25N/c1-13-11-14(2)17(15(3)12-13)9-8-16-7-5-4-6-10-18-16/h8-9,11-12,16,18H,4-7,10H2,1-3H3/b9-8+. The van der Waals surface area contributed by atoms with E-state index in [0.29, 0.717) is 6.04 Å². The number of aryl methyl sites for hydroxylation is 3. The van der Waals surface area contributed by atoms with E-state index in [4.69, 9.17) is 0 Å². The maximum atomic E-state index is 3.62. The lowest BCUT2D eigenvalue weighted by atomic mass is 9.98. The second kappa shape index (κ2) is 6.19. The van der Waals surface area contributed by atoms with Crippen LogP contribution in [0.3, 0.4) is 0 Å². The molecule has 98 valence electrons. The molecule has 0 aromatic heterocycles. The average Bonchev–Trinajstić information content (AvgIpc) is 2.56. The van der Waals surface area contributed by atoms with Gasteiger partial charge in [0.25, 0.3) is 0 Å². The molecule has 1 aliphatic rings. The SMILES string of the molecule is Cc1cc(C)c(/C=C/C2CCCCCN2)c(C)c1. The molecule has 0 spiro atoms. The van der Waals surface area contributed by atoms with Crippen LogP contribution in [0.2, 0.25) is 0 Å². The second-order valence-corrected chi connectivity index (χ2v) is 5.58. The lowest BCUT2D eigenvalue weighted by molar-refractivity contribution is 0.599. The predicted molar refractivity (Wildman–Crippen MR) is 79.9 cm³/mol. The van der Waals surface area contributed by atoms with E-state index in [1.54, 1.807) is 0 Å². The first kappa shape index (κ1) is 13.4. The molecule has 0 radical (unpaired) electrons. The van der Waals surface area contributed by atoms with Gasteiger partial charge in [-0.25, -0.2) is 0 Å². The van der Waals surface area contributed by atoms with E-state index in [2.05, 4.69) is 50.4 Å². The Bertz CT molecular complexity index is 400. The highest BCUT2D eigenvalue weighted by molar-refractivity contribution is 5.59. The van der Waals surface area contributed by atoms with Crippen LogP contribution in [0.4, 0.5) is 0 Å². The number of nitrogens with one attached hydrogen (secondary N) is 1. The topological polar surface area (TPSA) is 12.0 Å². The number of rotatable bonds is 2. The maximum Gasteiger partial charge on any atom is 0.0253 e. The Hall–Kier alpha value is -1.08. The molecule has 18 heavy (non-hydrogen) atoms. The van der Waals surface area contributed by atoms with Crippen LogP contribution in [0, 0.1) is 20.8 Å². The number of hydrogen-bond acceptors (Lipinski definition) is 1. The van der Waals surface area contributed by atoms with E-state index in [-0.39, 0.29) is 0 Å². The quantitative estimate of drug-likeness (QED) is 0.822. The van der Waals surface area contributed by atoms with E-state index in [9.17, 15) is 0 Å². The van der Waals surface area contributed by atoms with Gasteiger partial charge in [0.2, 0.25) is 0 Å². The normalized spacial score (nSPS) is 21.2. The molecule has 1 heterocycles. The van der Waals surface area contributed by atoms with Crippen molar-refractivity contribution >= 4 is 6.08 Å². The Labute approximate surface area is 111 Å². The fourth-order valence-corrected chi connectivity index (χ4v) is 2.89. The van der Waals surface area contributed by atoms with Crippen molar-refractivity contribution < 1.29 is 0 Å². The minimum absolute atomic E-state index is 0.563. The Kier molecular flexibility index (Phi) is 4.60. The summed E-state index contributed by atoms with van der Waals surface area (Å²) in [5, 5.41) is 3.62. The maximum absolute atomic E-state index is 3.62. The zero-order chi connectivity index (χ0) is 13.0. The first-order valence-corrected chi connectivity index (χ1v) is 7.16. The van der Waals surface area contributed by atoms with Crippen molar-refractivity contribution in [1.29, 1.82) is 0 Å². The smallest absolute Gasteiger partial charge is 0.0253 e. The van der Waals surface area contributed by atoms with Gasteiger partial charge in [0.05, 0.1) is 0 Å². The molecule has 0 aliphatic carbocycles. The highest BCUT2D eigenvalue weighted by Crippen LogP contribution is 2.19. The number of hydrogen-bond donors (Lipinski definition) is 1. The molecule has 2 rings (SSSR count). The highest BCUT2D eigenvalue weighted by Gasteiger charge is 2.08. The van der Waals surface area contributed by atoms with Crippen molar-refractivity contribution in [2.45, 2.75) is 52.5 Å². The molecule has 1 nitrogen and oxygen atoms in total. The average molecular weight is 243 g/mol. The van der Waals surface area contributed by atoms with Crippen molar-refractivity contribution in [3.63, 3.8) is 0 Å². The van der Waals surface area contributed by atoms with Gasteiger partial charge in [-0.05, 0) is 56.8 Å². The molecule has 1 aliphatic heterocycles. The summed E-state index contributed by atoms with van der Waals surface area (Å²) in [7, 11) is 0. The summed E-state index contributed by atoms with van der Waals surface area (Å²) in [5.74, 6) is 0. The monoisotopic (exact) mass is 243 g/mol. The van der Waals surface area contributed by atoms with Gasteiger partial charge in [-0.3, -0.25) is 0 Å². The van der Waals surface area contributed by atoms with Gasteiger partial charge in [-0.2, -0.15) is 0 Å². The van der Waals surface area contributed by atoms with E-state index in [1.165, 1.54) is 54.5 Å². The van der Waals surface area contributed by atoms with Crippen molar-refractivity contribution in [3.8, 4) is 0 Å². The zero-order valence-electron chi connectivity index (χ0n) is 11.9. The molecule has 1 N–H and O–H groups in total. The summed E-state index contributed by atoms with van der Waals surface area (Å²) in [5.41, 5.74) is 5.52. The van der Waals surface area contributed by atoms with Gasteiger partial charge in [0.1, 0.15) is 0 Å². The molecule has 1 saturated heterocycles. The van der Waals surface area contributed by atoms with Crippen LogP contribution < -0.4 is 5.32 Å². The van der Waals surface area contributed by atoms with Crippen molar-refractivity contribution in [3.05, 3.63) is 40.5 Å². The molecular weight excluding hydrogens is 218 g/mol. The minimum Gasteiger partial charge on any atom is -0.311 e. The van der Waals surface area contributed by atoms with Crippen LogP contribution in [0.5, 0.6) is 0 Å². The van der Waals surface area contributed by atoms with Gasteiger partial charge in [0, 0.05) is 6.04 Å². The van der Waals surface area contributed by atoms with Crippen molar-refractivity contribution in [2.24, 2.45) is 0 Å². The van der Waals surface area contributed by atoms with E-state index >= 15 is 0 Å². The lowest BCUT2D eigenvalue weighted by Crippen LogP contribution is -2.25. The third-order valence-electron chi connectivity index (χ3n) is 3.83. The summed E-state index contributed by atoms with van der Waals surface area (Å²) >= 11 is 0. The fraction of sp³-hybridized carbons (Fsp3) is 0.529. The summed E-state index contributed by atoms with van der Waals surface area (Å²) in [6.45, 7) is 7.75. The van der Waals surface area contributed by atoms with Crippen LogP contribution in [-0.2, 0) is 0 Å². The summed E-state index contributed by atoms with van der Waals surface area (Å²) < 4.78 is 0. The summed E-state index contributed by atoms with van der Waals surface area (Å²) in [6.07, 6.45) is 10.0. The molecule has 1 heteroatoms. The highest BCUT2D eigenvalue weighted by atomic mass is 14.9. The van der Waals surface area contributed by atoms with Crippen LogP contribution in [0.1, 0.15) is 47.9 Å². The van der Waals surface area contributed by atoms with Crippen LogP contribution in [0.25, 0.3) is 6.08 Å². The molecule has 0 bridgehead atoms. The van der Waals surface area contributed by atoms with Gasteiger partial charge >= 0.3 is 0 Å². The Morgan fingerprint density at radius 2 is 1.78 bits per heavy atom. The molecular formula is C17H25N. The third kappa shape index (κ3) is 3.46. The summed E-state index contributed by atoms with van der Waals surface area (Å²) in [6, 6.07) is 5.10. The number of benzene rings is 1. The van der Waals surface area contributed by atoms with E-state index in [0.717, 1.165) is 0 Å². The molecule has 1 fully saturated rings. The van der Waals surface area contributed by atoms with Crippen LogP contribution in [-0.4, -0.2) is 12.6 Å².